The lowest BCUT2D eigenvalue weighted by molar-refractivity contribution is -0.336. The number of aliphatic hydroxyl groups is 6. The van der Waals surface area contributed by atoms with E-state index in [0.29, 0.717) is 25.2 Å². The number of aliphatic hydroxyl groups excluding tert-OH is 5. The number of rotatable bonds is 7. The summed E-state index contributed by atoms with van der Waals surface area (Å²) in [5, 5.41) is 66.3. The fourth-order valence-electron chi connectivity index (χ4n) is 12.1. The molecule has 0 unspecified atom stereocenters. The largest absolute Gasteiger partial charge is 0.469 e. The van der Waals surface area contributed by atoms with Crippen LogP contribution in [-0.4, -0.2) is 135 Å². The minimum absolute atomic E-state index is 0.00766. The van der Waals surface area contributed by atoms with Gasteiger partial charge in [0.05, 0.1) is 67.5 Å². The van der Waals surface area contributed by atoms with Crippen LogP contribution < -0.4 is 0 Å². The molecule has 7 aliphatic rings. The molecule has 3 heterocycles. The van der Waals surface area contributed by atoms with Crippen molar-refractivity contribution in [2.24, 2.45) is 34.5 Å². The molecule has 304 valence electrons. The fourth-order valence-corrected chi connectivity index (χ4v) is 12.1. The fraction of sp³-hybridized carbons (Fsp3) is 0.974. The van der Waals surface area contributed by atoms with Gasteiger partial charge in [-0.15, -0.1) is 0 Å². The van der Waals surface area contributed by atoms with Crippen LogP contribution in [0.25, 0.3) is 0 Å². The van der Waals surface area contributed by atoms with Gasteiger partial charge in [0.25, 0.3) is 0 Å². The second-order valence-electron chi connectivity index (χ2n) is 18.0. The highest BCUT2D eigenvalue weighted by atomic mass is 16.7. The van der Waals surface area contributed by atoms with Crippen LogP contribution in [-0.2, 0) is 38.0 Å². The van der Waals surface area contributed by atoms with Gasteiger partial charge in [-0.05, 0) is 95.3 Å². The number of ether oxygens (including phenoxy) is 7. The molecule has 4 saturated carbocycles. The molecule has 0 spiro atoms. The maximum absolute atomic E-state index is 12.7. The number of hydrogen-bond donors (Lipinski definition) is 6. The Bertz CT molecular complexity index is 1270. The zero-order valence-electron chi connectivity index (χ0n) is 32.1. The highest BCUT2D eigenvalue weighted by molar-refractivity contribution is 5.74. The third kappa shape index (κ3) is 6.92. The molecule has 6 N–H and O–H groups in total. The van der Waals surface area contributed by atoms with Gasteiger partial charge in [-0.1, -0.05) is 13.8 Å². The van der Waals surface area contributed by atoms with Crippen LogP contribution in [0, 0.1) is 34.5 Å². The number of hydrogen-bond acceptors (Lipinski definition) is 14. The molecule has 0 bridgehead atoms. The van der Waals surface area contributed by atoms with E-state index in [9.17, 15) is 35.4 Å². The van der Waals surface area contributed by atoms with E-state index in [1.165, 1.54) is 7.11 Å². The number of fused-ring (bicyclic) bond motifs is 5. The lowest BCUT2D eigenvalue weighted by Gasteiger charge is -2.64. The maximum Gasteiger partial charge on any atom is 0.309 e. The molecule has 0 amide bonds. The molecular formula is C39H64O14. The lowest BCUT2D eigenvalue weighted by atomic mass is 9.42. The third-order valence-electron chi connectivity index (χ3n) is 15.3. The maximum atomic E-state index is 12.7. The number of carbonyl (C=O) groups excluding carboxylic acids is 1. The van der Waals surface area contributed by atoms with Gasteiger partial charge < -0.3 is 63.8 Å². The lowest BCUT2D eigenvalue weighted by Crippen LogP contribution is -2.67. The van der Waals surface area contributed by atoms with Crippen molar-refractivity contribution < 1.29 is 68.6 Å². The Balaban J connectivity index is 0.909. The van der Waals surface area contributed by atoms with Gasteiger partial charge in [0.1, 0.15) is 18.3 Å². The molecule has 0 radical (unpaired) electrons. The van der Waals surface area contributed by atoms with Crippen LogP contribution in [0.4, 0.5) is 0 Å². The second-order valence-corrected chi connectivity index (χ2v) is 18.0. The SMILES string of the molecule is COC(=O)[C@H]1CC[C@]2(O)[C@@H]3CC[C@@H]4C[C@@H](O[C@H]5C[C@H](O)[C@H](O[C@H]6C[C@H](O)[C@H](O[C@H]7C[C@H](O)[C@H](O)[C@@H](C)O7)[C@@H](C)O6)[C@@H](C)O5)CC[C@]4(C)[C@H]3C[C@@H](O)[C@]12C. The second kappa shape index (κ2) is 15.1. The molecule has 14 nitrogen and oxygen atoms in total. The van der Waals surface area contributed by atoms with Crippen molar-refractivity contribution in [1.82, 2.24) is 0 Å². The Hall–Kier alpha value is -1.01. The van der Waals surface area contributed by atoms with E-state index in [-0.39, 0.29) is 48.6 Å². The molecule has 3 aliphatic heterocycles. The predicted molar refractivity (Wildman–Crippen MR) is 186 cm³/mol. The Morgan fingerprint density at radius 3 is 1.79 bits per heavy atom. The van der Waals surface area contributed by atoms with E-state index in [1.807, 2.05) is 13.8 Å². The van der Waals surface area contributed by atoms with E-state index < -0.39 is 96.8 Å². The standard InChI is InChI=1S/C39H64O14/c1-18-33(44)26(40)15-31(48-18)52-35-20(3)50-32(17-28(35)42)53-34-19(2)49-30(16-27(34)41)51-22-9-11-37(4)21(13-22)7-8-23-25(37)14-29(43)38(5)24(36(45)47-6)10-12-39(23,38)46/h18-35,40-44,46H,7-17H2,1-6H3/t18-,19-,20-,21-,22+,23-,24-,25+,26+,27+,28+,29-,30+,31+,32+,33-,34-,35-,37+,38+,39+/m1/s1. The summed E-state index contributed by atoms with van der Waals surface area (Å²) in [5.74, 6) is -0.376. The summed E-state index contributed by atoms with van der Waals surface area (Å²) >= 11 is 0. The molecular weight excluding hydrogens is 692 g/mol. The molecule has 14 heteroatoms. The molecule has 0 aromatic carbocycles. The summed E-state index contributed by atoms with van der Waals surface area (Å²) < 4.78 is 41.8. The molecule has 7 rings (SSSR count). The van der Waals surface area contributed by atoms with Crippen molar-refractivity contribution >= 4 is 5.97 Å². The van der Waals surface area contributed by atoms with E-state index in [0.717, 1.165) is 32.1 Å². The predicted octanol–water partition coefficient (Wildman–Crippen LogP) is 1.91. The smallest absolute Gasteiger partial charge is 0.309 e. The van der Waals surface area contributed by atoms with Gasteiger partial charge in [0.15, 0.2) is 18.9 Å². The number of carbonyl (C=O) groups is 1. The van der Waals surface area contributed by atoms with Gasteiger partial charge in [-0.2, -0.15) is 0 Å². The summed E-state index contributed by atoms with van der Waals surface area (Å²) in [6, 6.07) is 0. The molecule has 53 heavy (non-hydrogen) atoms. The number of esters is 1. The Labute approximate surface area is 312 Å². The van der Waals surface area contributed by atoms with Crippen LogP contribution in [0.1, 0.15) is 105 Å². The third-order valence-corrected chi connectivity index (χ3v) is 15.3. The van der Waals surface area contributed by atoms with Gasteiger partial charge in [0.2, 0.25) is 0 Å². The first kappa shape index (κ1) is 40.2. The van der Waals surface area contributed by atoms with Gasteiger partial charge in [0, 0.05) is 24.7 Å². The van der Waals surface area contributed by atoms with Gasteiger partial charge in [-0.3, -0.25) is 4.79 Å². The zero-order valence-corrected chi connectivity index (χ0v) is 32.1. The van der Waals surface area contributed by atoms with Crippen molar-refractivity contribution in [3.63, 3.8) is 0 Å². The molecule has 4 aliphatic carbocycles. The van der Waals surface area contributed by atoms with Crippen molar-refractivity contribution in [1.29, 1.82) is 0 Å². The van der Waals surface area contributed by atoms with Crippen LogP contribution in [0.2, 0.25) is 0 Å². The molecule has 7 fully saturated rings. The van der Waals surface area contributed by atoms with Crippen LogP contribution in [0.3, 0.4) is 0 Å². The van der Waals surface area contributed by atoms with Crippen molar-refractivity contribution in [2.75, 3.05) is 7.11 Å². The average Bonchev–Trinajstić information content (AvgIpc) is 3.39. The zero-order chi connectivity index (χ0) is 38.2. The highest BCUT2D eigenvalue weighted by Gasteiger charge is 2.71. The average molecular weight is 757 g/mol. The molecule has 0 aromatic heterocycles. The van der Waals surface area contributed by atoms with E-state index >= 15 is 0 Å². The monoisotopic (exact) mass is 756 g/mol. The first-order valence-corrected chi connectivity index (χ1v) is 20.1. The minimum Gasteiger partial charge on any atom is -0.469 e. The molecule has 0 aromatic rings. The highest BCUT2D eigenvalue weighted by Crippen LogP contribution is 2.69. The molecule has 21 atom stereocenters. The van der Waals surface area contributed by atoms with E-state index in [4.69, 9.17) is 33.2 Å². The number of methoxy groups -OCH3 is 1. The Morgan fingerprint density at radius 2 is 1.23 bits per heavy atom. The Morgan fingerprint density at radius 1 is 0.660 bits per heavy atom. The first-order valence-electron chi connectivity index (χ1n) is 20.1. The van der Waals surface area contributed by atoms with Crippen LogP contribution in [0.15, 0.2) is 0 Å². The topological polar surface area (TPSA) is 203 Å². The summed E-state index contributed by atoms with van der Waals surface area (Å²) in [7, 11) is 1.38. The minimum atomic E-state index is -1.12. The summed E-state index contributed by atoms with van der Waals surface area (Å²) in [5.41, 5.74) is -2.13. The van der Waals surface area contributed by atoms with Gasteiger partial charge >= 0.3 is 5.97 Å². The quantitative estimate of drug-likeness (QED) is 0.162. The van der Waals surface area contributed by atoms with Crippen LogP contribution >= 0.6 is 0 Å². The summed E-state index contributed by atoms with van der Waals surface area (Å²) in [4.78, 5) is 12.7. The van der Waals surface area contributed by atoms with E-state index in [2.05, 4.69) is 6.92 Å². The first-order chi connectivity index (χ1) is 25.0. The Kier molecular flexibility index (Phi) is 11.4. The van der Waals surface area contributed by atoms with Gasteiger partial charge in [-0.25, -0.2) is 0 Å². The van der Waals surface area contributed by atoms with Crippen LogP contribution in [0.5, 0.6) is 0 Å². The molecule has 3 saturated heterocycles. The van der Waals surface area contributed by atoms with Crippen molar-refractivity contribution in [2.45, 2.75) is 197 Å². The summed E-state index contributed by atoms with van der Waals surface area (Å²) in [6.45, 7) is 9.45. The van der Waals surface area contributed by atoms with E-state index in [1.54, 1.807) is 13.8 Å². The van der Waals surface area contributed by atoms with Crippen molar-refractivity contribution in [3.8, 4) is 0 Å². The summed E-state index contributed by atoms with van der Waals surface area (Å²) in [6.07, 6.45) is -3.81. The normalized spacial score (nSPS) is 55.8. The van der Waals surface area contributed by atoms with Crippen molar-refractivity contribution in [3.05, 3.63) is 0 Å².